The highest BCUT2D eigenvalue weighted by Crippen LogP contribution is 2.27. The highest BCUT2D eigenvalue weighted by atomic mass is 35.5. The van der Waals surface area contributed by atoms with Crippen molar-refractivity contribution < 1.29 is 20.4 Å². The summed E-state index contributed by atoms with van der Waals surface area (Å²) in [7, 11) is 0. The van der Waals surface area contributed by atoms with E-state index in [0.29, 0.717) is 0 Å². The van der Waals surface area contributed by atoms with Crippen molar-refractivity contribution >= 4 is 23.2 Å². The van der Waals surface area contributed by atoms with Gasteiger partial charge >= 0.3 is 0 Å². The summed E-state index contributed by atoms with van der Waals surface area (Å²) in [6.45, 7) is 0.657. The van der Waals surface area contributed by atoms with Crippen molar-refractivity contribution in [3.63, 3.8) is 0 Å². The lowest BCUT2D eigenvalue weighted by Crippen LogP contribution is -2.51. The number of aliphatic hydroxyl groups is 4. The normalized spacial score (nSPS) is 24.2. The Morgan fingerprint density at radius 2 is 1.83 bits per heavy atom. The van der Waals surface area contributed by atoms with Crippen LogP contribution < -0.4 is 0 Å². The van der Waals surface area contributed by atoms with Crippen molar-refractivity contribution in [1.29, 1.82) is 0 Å². The van der Waals surface area contributed by atoms with Crippen LogP contribution in [-0.2, 0) is 0 Å². The zero-order valence-corrected chi connectivity index (χ0v) is 8.00. The molecule has 4 nitrogen and oxygen atoms in total. The van der Waals surface area contributed by atoms with Gasteiger partial charge in [-0.1, -0.05) is 11.6 Å². The molecular weight excluding hydrogens is 207 g/mol. The molecule has 0 aliphatic rings. The van der Waals surface area contributed by atoms with Crippen LogP contribution in [0.15, 0.2) is 0 Å². The minimum Gasteiger partial charge on any atom is -0.395 e. The standard InChI is InChI=1S/C6H12Cl2O4/c1-3(10)5(11)6(8,12)4(7)2-9/h3-5,9-12H,2H2,1H3. The first-order valence-electron chi connectivity index (χ1n) is 3.36. The quantitative estimate of drug-likeness (QED) is 0.469. The molecule has 4 atom stereocenters. The molecule has 0 aliphatic heterocycles. The zero-order chi connectivity index (χ0) is 9.94. The Morgan fingerprint density at radius 3 is 2.08 bits per heavy atom. The average Bonchev–Trinajstić information content (AvgIpc) is 2.01. The van der Waals surface area contributed by atoms with Gasteiger partial charge in [-0.25, -0.2) is 0 Å². The average molecular weight is 219 g/mol. The summed E-state index contributed by atoms with van der Waals surface area (Å²) >= 11 is 10.8. The Labute approximate surface area is 80.3 Å². The third-order valence-corrected chi connectivity index (χ3v) is 2.54. The SMILES string of the molecule is CC(O)C(O)C(O)(Cl)C(Cl)CO. The molecule has 4 unspecified atom stereocenters. The van der Waals surface area contributed by atoms with E-state index in [1.54, 1.807) is 0 Å². The lowest BCUT2D eigenvalue weighted by molar-refractivity contribution is -0.0800. The molecule has 0 saturated heterocycles. The highest BCUT2D eigenvalue weighted by molar-refractivity contribution is 6.32. The fourth-order valence-corrected chi connectivity index (χ4v) is 1.03. The molecule has 0 aromatic heterocycles. The van der Waals surface area contributed by atoms with E-state index in [0.717, 1.165) is 0 Å². The second-order valence-electron chi connectivity index (χ2n) is 2.56. The first kappa shape index (κ1) is 12.4. The second-order valence-corrected chi connectivity index (χ2v) is 3.70. The summed E-state index contributed by atoms with van der Waals surface area (Å²) in [5, 5.41) is 32.4. The summed E-state index contributed by atoms with van der Waals surface area (Å²) in [4.78, 5) is 0. The molecule has 0 saturated carbocycles. The molecular formula is C6H12Cl2O4. The van der Waals surface area contributed by atoms with Crippen molar-refractivity contribution in [3.8, 4) is 0 Å². The summed E-state index contributed by atoms with van der Waals surface area (Å²) < 4.78 is 0. The molecule has 0 amide bonds. The number of aliphatic hydroxyl groups excluding tert-OH is 3. The third kappa shape index (κ3) is 2.73. The van der Waals surface area contributed by atoms with E-state index in [-0.39, 0.29) is 0 Å². The van der Waals surface area contributed by atoms with Crippen molar-refractivity contribution in [2.24, 2.45) is 0 Å². The van der Waals surface area contributed by atoms with Gasteiger partial charge in [-0.15, -0.1) is 11.6 Å². The molecule has 0 fully saturated rings. The predicted octanol–water partition coefficient (Wildman–Crippen LogP) is -0.745. The maximum absolute atomic E-state index is 9.29. The van der Waals surface area contributed by atoms with Crippen molar-refractivity contribution in [3.05, 3.63) is 0 Å². The maximum Gasteiger partial charge on any atom is 0.185 e. The van der Waals surface area contributed by atoms with Gasteiger partial charge in [0, 0.05) is 0 Å². The molecule has 4 N–H and O–H groups in total. The topological polar surface area (TPSA) is 80.9 Å². The zero-order valence-electron chi connectivity index (χ0n) is 6.48. The largest absolute Gasteiger partial charge is 0.395 e. The van der Waals surface area contributed by atoms with Crippen LogP contribution in [-0.4, -0.2) is 49.7 Å². The second kappa shape index (κ2) is 4.60. The fraction of sp³-hybridized carbons (Fsp3) is 1.00. The minimum atomic E-state index is -2.22. The van der Waals surface area contributed by atoms with Gasteiger partial charge < -0.3 is 20.4 Å². The Hall–Kier alpha value is 0.420. The van der Waals surface area contributed by atoms with E-state index in [9.17, 15) is 5.11 Å². The van der Waals surface area contributed by atoms with Crippen LogP contribution in [0.1, 0.15) is 6.92 Å². The molecule has 12 heavy (non-hydrogen) atoms. The lowest BCUT2D eigenvalue weighted by atomic mass is 10.1. The summed E-state index contributed by atoms with van der Waals surface area (Å²) in [5.74, 6) is 0. The number of alkyl halides is 2. The van der Waals surface area contributed by atoms with Crippen LogP contribution in [0.4, 0.5) is 0 Å². The molecule has 0 heterocycles. The molecule has 0 spiro atoms. The van der Waals surface area contributed by atoms with Gasteiger partial charge in [0.05, 0.1) is 12.7 Å². The summed E-state index contributed by atoms with van der Waals surface area (Å²) in [5.41, 5.74) is 0. The molecule has 0 radical (unpaired) electrons. The smallest absolute Gasteiger partial charge is 0.185 e. The maximum atomic E-state index is 9.29. The van der Waals surface area contributed by atoms with E-state index < -0.39 is 29.3 Å². The van der Waals surface area contributed by atoms with Gasteiger partial charge in [0.15, 0.2) is 5.06 Å². The van der Waals surface area contributed by atoms with Crippen LogP contribution in [0.2, 0.25) is 0 Å². The Kier molecular flexibility index (Phi) is 4.76. The summed E-state index contributed by atoms with van der Waals surface area (Å²) in [6.07, 6.45) is -2.82. The molecule has 0 rings (SSSR count). The Morgan fingerprint density at radius 1 is 1.42 bits per heavy atom. The molecule has 74 valence electrons. The molecule has 0 aliphatic carbocycles. The van der Waals surface area contributed by atoms with Crippen LogP contribution in [0, 0.1) is 0 Å². The van der Waals surface area contributed by atoms with E-state index in [4.69, 9.17) is 38.5 Å². The monoisotopic (exact) mass is 218 g/mol. The first-order chi connectivity index (χ1) is 5.34. The third-order valence-electron chi connectivity index (χ3n) is 1.47. The van der Waals surface area contributed by atoms with Gasteiger partial charge in [-0.2, -0.15) is 0 Å². The Balaban J connectivity index is 4.37. The Bertz CT molecular complexity index is 140. The van der Waals surface area contributed by atoms with Gasteiger partial charge in [-0.3, -0.25) is 0 Å². The van der Waals surface area contributed by atoms with Gasteiger partial charge in [0.25, 0.3) is 0 Å². The van der Waals surface area contributed by atoms with E-state index in [1.807, 2.05) is 0 Å². The van der Waals surface area contributed by atoms with Gasteiger partial charge in [-0.05, 0) is 6.92 Å². The molecule has 0 aromatic carbocycles. The number of hydrogen-bond acceptors (Lipinski definition) is 4. The van der Waals surface area contributed by atoms with Crippen LogP contribution in [0.5, 0.6) is 0 Å². The van der Waals surface area contributed by atoms with Gasteiger partial charge in [0.1, 0.15) is 11.5 Å². The highest BCUT2D eigenvalue weighted by Gasteiger charge is 2.42. The minimum absolute atomic E-state index is 0.592. The molecule has 6 heteroatoms. The lowest BCUT2D eigenvalue weighted by Gasteiger charge is -2.31. The van der Waals surface area contributed by atoms with Crippen molar-refractivity contribution in [2.45, 2.75) is 29.6 Å². The van der Waals surface area contributed by atoms with E-state index in [2.05, 4.69) is 0 Å². The summed E-state index contributed by atoms with van der Waals surface area (Å²) in [6, 6.07) is 0. The predicted molar refractivity (Wildman–Crippen MR) is 45.2 cm³/mol. The number of hydrogen-bond donors (Lipinski definition) is 4. The van der Waals surface area contributed by atoms with Crippen LogP contribution >= 0.6 is 23.2 Å². The molecule has 0 bridgehead atoms. The number of halogens is 2. The van der Waals surface area contributed by atoms with Gasteiger partial charge in [0.2, 0.25) is 0 Å². The van der Waals surface area contributed by atoms with Crippen molar-refractivity contribution in [2.75, 3.05) is 6.61 Å². The van der Waals surface area contributed by atoms with E-state index in [1.165, 1.54) is 6.92 Å². The fourth-order valence-electron chi connectivity index (χ4n) is 0.652. The molecule has 0 aromatic rings. The van der Waals surface area contributed by atoms with E-state index >= 15 is 0 Å². The van der Waals surface area contributed by atoms with Crippen molar-refractivity contribution in [1.82, 2.24) is 0 Å². The first-order valence-corrected chi connectivity index (χ1v) is 4.17. The van der Waals surface area contributed by atoms with Crippen LogP contribution in [0.25, 0.3) is 0 Å². The van der Waals surface area contributed by atoms with Crippen LogP contribution in [0.3, 0.4) is 0 Å². The number of rotatable bonds is 4.